The number of nitrogens with one attached hydrogen (secondary N) is 1. The molecule has 0 fully saturated rings. The van der Waals surface area contributed by atoms with Gasteiger partial charge in [0.25, 0.3) is 12.0 Å². The van der Waals surface area contributed by atoms with Crippen LogP contribution in [-0.2, 0) is 7.05 Å². The van der Waals surface area contributed by atoms with Gasteiger partial charge in [0, 0.05) is 35.5 Å². The van der Waals surface area contributed by atoms with E-state index in [0.717, 1.165) is 11.6 Å². The maximum absolute atomic E-state index is 12.9. The summed E-state index contributed by atoms with van der Waals surface area (Å²) >= 11 is 6.02. The Balaban J connectivity index is 2.24. The lowest BCUT2D eigenvalue weighted by Crippen LogP contribution is -2.11. The number of benzene rings is 1. The molecule has 0 saturated heterocycles. The lowest BCUT2D eigenvalue weighted by atomic mass is 10.00. The molecule has 3 aromatic rings. The number of H-pyrrole nitrogens is 1. The molecule has 8 heteroatoms. The van der Waals surface area contributed by atoms with Gasteiger partial charge in [0.05, 0.1) is 11.9 Å². The molecule has 0 unspecified atom stereocenters. The van der Waals surface area contributed by atoms with Crippen molar-refractivity contribution >= 4 is 11.6 Å². The lowest BCUT2D eigenvalue weighted by molar-refractivity contribution is 0.140. The van der Waals surface area contributed by atoms with E-state index in [4.69, 9.17) is 11.6 Å². The number of hydrogen-bond acceptors (Lipinski definition) is 3. The minimum absolute atomic E-state index is 0.130. The quantitative estimate of drug-likeness (QED) is 0.797. The average Bonchev–Trinajstić information content (AvgIpc) is 2.93. The van der Waals surface area contributed by atoms with Crippen molar-refractivity contribution in [3.8, 4) is 22.4 Å². The van der Waals surface area contributed by atoms with Crippen molar-refractivity contribution in [1.29, 1.82) is 0 Å². The van der Waals surface area contributed by atoms with Gasteiger partial charge in [-0.2, -0.15) is 5.10 Å². The number of aromatic amines is 1. The summed E-state index contributed by atoms with van der Waals surface area (Å²) in [6, 6.07) is 6.16. The molecule has 0 bridgehead atoms. The summed E-state index contributed by atoms with van der Waals surface area (Å²) in [5, 5.41) is 4.50. The monoisotopic (exact) mass is 336 g/mol. The van der Waals surface area contributed by atoms with Crippen LogP contribution in [0.4, 0.5) is 8.78 Å². The van der Waals surface area contributed by atoms with Gasteiger partial charge in [-0.1, -0.05) is 17.7 Å². The van der Waals surface area contributed by atoms with Crippen LogP contribution in [0, 0.1) is 0 Å². The molecule has 0 radical (unpaired) electrons. The van der Waals surface area contributed by atoms with E-state index >= 15 is 0 Å². The number of aryl methyl sites for hydroxylation is 1. The molecule has 0 atom stereocenters. The van der Waals surface area contributed by atoms with Gasteiger partial charge in [0.1, 0.15) is 0 Å². The van der Waals surface area contributed by atoms with Gasteiger partial charge in [0.15, 0.2) is 5.82 Å². The second-order valence-electron chi connectivity index (χ2n) is 4.91. The van der Waals surface area contributed by atoms with Crippen LogP contribution in [0.15, 0.2) is 41.5 Å². The number of halogens is 3. The van der Waals surface area contributed by atoms with E-state index < -0.39 is 17.8 Å². The molecule has 2 aromatic heterocycles. The van der Waals surface area contributed by atoms with Crippen LogP contribution >= 0.6 is 11.6 Å². The summed E-state index contributed by atoms with van der Waals surface area (Å²) in [4.78, 5) is 17.5. The standard InChI is InChI=1S/C15H11ClF2N4O/c1-22-7-8(6-19-22)10-3-2-9(16)4-11(10)12-5-13(23)21-15(20-12)14(17)18/h2-7,14H,1H3,(H,20,21,23). The normalized spacial score (nSPS) is 11.2. The van der Waals surface area contributed by atoms with E-state index in [1.807, 2.05) is 4.98 Å². The first-order chi connectivity index (χ1) is 10.9. The minimum atomic E-state index is -2.87. The van der Waals surface area contributed by atoms with E-state index in [9.17, 15) is 13.6 Å². The summed E-state index contributed by atoms with van der Waals surface area (Å²) < 4.78 is 27.4. The molecule has 1 N–H and O–H groups in total. The van der Waals surface area contributed by atoms with E-state index in [2.05, 4.69) is 10.1 Å². The van der Waals surface area contributed by atoms with Gasteiger partial charge < -0.3 is 4.98 Å². The molecule has 0 saturated carbocycles. The first kappa shape index (κ1) is 15.4. The van der Waals surface area contributed by atoms with Gasteiger partial charge in [-0.25, -0.2) is 13.8 Å². The third-order valence-electron chi connectivity index (χ3n) is 3.24. The van der Waals surface area contributed by atoms with Crippen LogP contribution < -0.4 is 5.56 Å². The smallest absolute Gasteiger partial charge is 0.295 e. The summed E-state index contributed by atoms with van der Waals surface area (Å²) in [6.07, 6.45) is 0.533. The van der Waals surface area contributed by atoms with Crippen LogP contribution in [0.1, 0.15) is 12.2 Å². The number of aromatic nitrogens is 4. The largest absolute Gasteiger partial charge is 0.306 e. The van der Waals surface area contributed by atoms with E-state index in [1.54, 1.807) is 42.3 Å². The zero-order chi connectivity index (χ0) is 16.6. The Morgan fingerprint density at radius 1 is 1.26 bits per heavy atom. The van der Waals surface area contributed by atoms with Crippen LogP contribution in [0.25, 0.3) is 22.4 Å². The number of nitrogens with zero attached hydrogens (tertiary/aromatic N) is 3. The maximum atomic E-state index is 12.9. The van der Waals surface area contributed by atoms with Crippen LogP contribution in [0.5, 0.6) is 0 Å². The molecule has 0 aliphatic rings. The van der Waals surface area contributed by atoms with Gasteiger partial charge in [-0.15, -0.1) is 0 Å². The molecule has 2 heterocycles. The molecule has 118 valence electrons. The zero-order valence-electron chi connectivity index (χ0n) is 11.9. The van der Waals surface area contributed by atoms with E-state index in [0.29, 0.717) is 16.1 Å². The molecular weight excluding hydrogens is 326 g/mol. The zero-order valence-corrected chi connectivity index (χ0v) is 12.7. The molecule has 0 aliphatic heterocycles. The van der Waals surface area contributed by atoms with Crippen molar-refractivity contribution in [2.24, 2.45) is 7.05 Å². The Morgan fingerprint density at radius 2 is 2.04 bits per heavy atom. The van der Waals surface area contributed by atoms with E-state index in [-0.39, 0.29) is 5.69 Å². The fourth-order valence-electron chi connectivity index (χ4n) is 2.26. The highest BCUT2D eigenvalue weighted by atomic mass is 35.5. The topological polar surface area (TPSA) is 63.6 Å². The van der Waals surface area contributed by atoms with Crippen molar-refractivity contribution in [3.05, 3.63) is 57.9 Å². The van der Waals surface area contributed by atoms with Crippen molar-refractivity contribution in [2.75, 3.05) is 0 Å². The van der Waals surface area contributed by atoms with Gasteiger partial charge in [-0.3, -0.25) is 9.48 Å². The Labute approximate surface area is 134 Å². The summed E-state index contributed by atoms with van der Waals surface area (Å²) in [5.41, 5.74) is 1.42. The minimum Gasteiger partial charge on any atom is -0.306 e. The fourth-order valence-corrected chi connectivity index (χ4v) is 2.43. The first-order valence-corrected chi connectivity index (χ1v) is 7.00. The molecular formula is C15H11ClF2N4O. The Hall–Kier alpha value is -2.54. The summed E-state index contributed by atoms with van der Waals surface area (Å²) in [7, 11) is 1.76. The predicted octanol–water partition coefficient (Wildman–Crippen LogP) is 3.43. The average molecular weight is 337 g/mol. The molecule has 0 aliphatic carbocycles. The molecule has 5 nitrogen and oxygen atoms in total. The highest BCUT2D eigenvalue weighted by molar-refractivity contribution is 6.31. The van der Waals surface area contributed by atoms with Crippen molar-refractivity contribution in [3.63, 3.8) is 0 Å². The molecule has 1 aromatic carbocycles. The van der Waals surface area contributed by atoms with Gasteiger partial charge in [-0.05, 0) is 17.7 Å². The highest BCUT2D eigenvalue weighted by Gasteiger charge is 2.16. The van der Waals surface area contributed by atoms with Crippen LogP contribution in [0.2, 0.25) is 5.02 Å². The van der Waals surface area contributed by atoms with Crippen molar-refractivity contribution in [1.82, 2.24) is 19.7 Å². The number of hydrogen-bond donors (Lipinski definition) is 1. The SMILES string of the molecule is Cn1cc(-c2ccc(Cl)cc2-c2cc(=O)[nH]c(C(F)F)n2)cn1. The third-order valence-corrected chi connectivity index (χ3v) is 3.48. The predicted molar refractivity (Wildman–Crippen MR) is 82.5 cm³/mol. The Morgan fingerprint density at radius 3 is 2.70 bits per heavy atom. The second kappa shape index (κ2) is 5.92. The third kappa shape index (κ3) is 3.14. The van der Waals surface area contributed by atoms with Crippen molar-refractivity contribution < 1.29 is 8.78 Å². The molecule has 0 amide bonds. The van der Waals surface area contributed by atoms with Gasteiger partial charge in [0.2, 0.25) is 0 Å². The summed E-state index contributed by atoms with van der Waals surface area (Å²) in [5.74, 6) is -0.676. The second-order valence-corrected chi connectivity index (χ2v) is 5.35. The van der Waals surface area contributed by atoms with Gasteiger partial charge >= 0.3 is 0 Å². The van der Waals surface area contributed by atoms with Crippen molar-refractivity contribution in [2.45, 2.75) is 6.43 Å². The van der Waals surface area contributed by atoms with Crippen LogP contribution in [0.3, 0.4) is 0 Å². The first-order valence-electron chi connectivity index (χ1n) is 6.62. The number of alkyl halides is 2. The molecule has 3 rings (SSSR count). The van der Waals surface area contributed by atoms with Crippen LogP contribution in [-0.4, -0.2) is 19.7 Å². The Kier molecular flexibility index (Phi) is 3.96. The fraction of sp³-hybridized carbons (Fsp3) is 0.133. The molecule has 23 heavy (non-hydrogen) atoms. The highest BCUT2D eigenvalue weighted by Crippen LogP contribution is 2.33. The molecule has 0 spiro atoms. The lowest BCUT2D eigenvalue weighted by Gasteiger charge is -2.09. The summed E-state index contributed by atoms with van der Waals surface area (Å²) in [6.45, 7) is 0. The number of rotatable bonds is 3. The maximum Gasteiger partial charge on any atom is 0.295 e. The van der Waals surface area contributed by atoms with E-state index in [1.165, 1.54) is 0 Å². The Bertz CT molecular complexity index is 920.